The number of anilines is 9. The van der Waals surface area contributed by atoms with E-state index in [1.165, 1.54) is 99.5 Å². The van der Waals surface area contributed by atoms with Crippen molar-refractivity contribution in [3.8, 4) is 28.7 Å². The molecule has 0 unspecified atom stereocenters. The van der Waals surface area contributed by atoms with Crippen LogP contribution in [0.4, 0.5) is 62.8 Å². The second-order valence-electron chi connectivity index (χ2n) is 37.9. The van der Waals surface area contributed by atoms with Crippen LogP contribution in [-0.4, -0.2) is 87.1 Å². The average Bonchev–Trinajstić information content (AvgIpc) is 1.72. The second kappa shape index (κ2) is 52.6. The van der Waals surface area contributed by atoms with E-state index in [-0.39, 0.29) is 22.2 Å². The molecule has 1 fully saturated rings. The molecule has 0 atom stereocenters. The third-order valence-corrected chi connectivity index (χ3v) is 22.3. The maximum Gasteiger partial charge on any atom is 0.165 e. The highest BCUT2D eigenvalue weighted by Gasteiger charge is 2.32. The van der Waals surface area contributed by atoms with Crippen molar-refractivity contribution in [2.24, 2.45) is 15.0 Å². The van der Waals surface area contributed by atoms with Crippen LogP contribution in [0.5, 0.6) is 28.7 Å². The lowest BCUT2D eigenvalue weighted by Crippen LogP contribution is -2.29. The summed E-state index contributed by atoms with van der Waals surface area (Å²) in [4.78, 5) is 32.0. The zero-order valence-corrected chi connectivity index (χ0v) is 85.4. The smallest absolute Gasteiger partial charge is 0.165 e. The number of nitrogens with one attached hydrogen (secondary N) is 6. The molecule has 137 heavy (non-hydrogen) atoms. The molecular weight excluding hydrogens is 1690 g/mol. The van der Waals surface area contributed by atoms with Crippen molar-refractivity contribution in [2.45, 2.75) is 220 Å². The maximum absolute atomic E-state index is 10.9. The number of hydrogen-bond acceptors (Lipinski definition) is 17. The quantitative estimate of drug-likeness (QED) is 0.0333. The molecule has 2 aliphatic heterocycles. The van der Waals surface area contributed by atoms with E-state index in [1.807, 2.05) is 191 Å². The van der Waals surface area contributed by atoms with Crippen LogP contribution in [0.25, 0.3) is 0 Å². The van der Waals surface area contributed by atoms with Crippen molar-refractivity contribution in [1.82, 2.24) is 19.9 Å². The molecule has 2 aliphatic rings. The SMILES string of the molecule is CC(C)N=c1cccccc1NC(C)C.CC1(C)Cc2cccc(O)c2O1.CCOc1ccccc1NCc1ccccn1.COc1ccccc1Nc1c(C)cc(C)cc1C.Cc1cc(C)c(N=Cc2cc(C(C)(C)C)cc(C(C)(C)C)c2O)c(C)c1.Cc1cc(C)c(N=Cc2ccc[nH]2)c(C)c1.Cc1ccccc1Nc1ccccc1N1CCCCC1.c1ccc(Nc2ccccn2)nc1. The maximum atomic E-state index is 10.9. The fourth-order valence-corrected chi connectivity index (χ4v) is 15.9. The van der Waals surface area contributed by atoms with E-state index in [0.29, 0.717) is 36.7 Å². The molecule has 0 aliphatic carbocycles. The second-order valence-corrected chi connectivity index (χ2v) is 37.9. The van der Waals surface area contributed by atoms with E-state index < -0.39 is 0 Å². The van der Waals surface area contributed by atoms with Gasteiger partial charge in [0.2, 0.25) is 0 Å². The Morgan fingerprint density at radius 2 is 1.02 bits per heavy atom. The van der Waals surface area contributed by atoms with Crippen LogP contribution in [0.2, 0.25) is 0 Å². The number of nitrogens with zero attached hydrogens (tertiary/aromatic N) is 7. The van der Waals surface area contributed by atoms with Crippen molar-refractivity contribution in [2.75, 3.05) is 58.3 Å². The fourth-order valence-electron chi connectivity index (χ4n) is 15.9. The molecular formula is C119H147N13O5. The van der Waals surface area contributed by atoms with Gasteiger partial charge in [0, 0.05) is 90.7 Å². The summed E-state index contributed by atoms with van der Waals surface area (Å²) in [6.07, 6.45) is 15.7. The molecule has 0 bridgehead atoms. The highest BCUT2D eigenvalue weighted by Crippen LogP contribution is 2.42. The molecule has 0 spiro atoms. The summed E-state index contributed by atoms with van der Waals surface area (Å²) in [5.74, 6) is 4.59. The van der Waals surface area contributed by atoms with Crippen molar-refractivity contribution in [3.05, 3.63) is 380 Å². The molecule has 8 N–H and O–H groups in total. The number of aromatic nitrogens is 4. The Bertz CT molecular complexity index is 6130. The standard InChI is InChI=1S/C24H33NO.C18H22N2.C16H19NO.C14H16N2O.C14H16N2.C13H20N2.C10H9N3.C10H12O2/c1-15-10-16(2)21(17(3)11-15)25-14-18-12-19(23(4,5)6)13-20(22(18)26)24(7,8)9;1-15-9-3-4-10-16(15)19-17-11-5-6-12-18(17)20-13-7-2-8-14-20;1-11-9-12(2)16(13(3)10-11)17-14-7-5-6-8-15(14)18-4;1-2-17-14-9-4-3-8-13(14)16-11-12-7-5-6-10-15-12;1-10-7-11(2)14(12(3)8-10)16-9-13-5-4-6-15-13;1-10(2)14-12-8-6-5-7-9-13(12)15-11(3)4;1-3-7-11-9(5-1)13-10-6-2-4-8-12-10;1-10(2)6-7-4-3-5-8(11)9(7)12-10/h10-14,26H,1-9H3;3-6,9-12,19H,2,7-8,13-14H2,1H3;5-10,17H,1-4H3;3-10,16H,2,11H2,1H3;4-9,15H,1-3H3;5-11H,1-4H3,(H,14,15);1-8H,(H,11,12,13);3-5,11H,6H2,1-2H3. The van der Waals surface area contributed by atoms with Crippen LogP contribution in [0, 0.1) is 69.2 Å². The number of rotatable bonds is 20. The van der Waals surface area contributed by atoms with E-state index in [1.54, 1.807) is 31.8 Å². The number of benzene rings is 9. The molecule has 18 nitrogen and oxygen atoms in total. The molecule has 0 saturated carbocycles. The molecule has 0 amide bonds. The Balaban J connectivity index is 0.000000177. The Kier molecular flexibility index (Phi) is 40.8. The highest BCUT2D eigenvalue weighted by atomic mass is 16.5. The summed E-state index contributed by atoms with van der Waals surface area (Å²) < 4.78 is 16.5. The van der Waals surface area contributed by atoms with Gasteiger partial charge in [0.05, 0.1) is 83.0 Å². The average molecular weight is 1840 g/mol. The summed E-state index contributed by atoms with van der Waals surface area (Å²) in [5, 5.41) is 38.2. The number of H-pyrrole nitrogens is 1. The predicted octanol–water partition coefficient (Wildman–Crippen LogP) is 29.7. The minimum atomic E-state index is -0.166. The topological polar surface area (TPSA) is 223 Å². The van der Waals surface area contributed by atoms with E-state index in [4.69, 9.17) is 19.2 Å². The number of pyridine rings is 3. The summed E-state index contributed by atoms with van der Waals surface area (Å²) in [7, 11) is 1.69. The van der Waals surface area contributed by atoms with Crippen LogP contribution in [0.3, 0.4) is 0 Å². The van der Waals surface area contributed by atoms with Crippen molar-refractivity contribution in [3.63, 3.8) is 0 Å². The Morgan fingerprint density at radius 3 is 1.55 bits per heavy atom. The summed E-state index contributed by atoms with van der Waals surface area (Å²) in [5.41, 5.74) is 28.2. The van der Waals surface area contributed by atoms with Gasteiger partial charge in [0.1, 0.15) is 34.5 Å². The van der Waals surface area contributed by atoms with Crippen molar-refractivity contribution < 1.29 is 24.4 Å². The number of para-hydroxylation sites is 8. The monoisotopic (exact) mass is 1840 g/mol. The third-order valence-electron chi connectivity index (χ3n) is 22.3. The van der Waals surface area contributed by atoms with Crippen LogP contribution < -0.4 is 51.1 Å². The predicted molar refractivity (Wildman–Crippen MR) is 579 cm³/mol. The highest BCUT2D eigenvalue weighted by molar-refractivity contribution is 5.88. The van der Waals surface area contributed by atoms with E-state index in [0.717, 1.165) is 108 Å². The summed E-state index contributed by atoms with van der Waals surface area (Å²) in [6, 6.07) is 87.9. The Labute approximate surface area is 816 Å². The van der Waals surface area contributed by atoms with Crippen LogP contribution in [-0.2, 0) is 23.8 Å². The van der Waals surface area contributed by atoms with E-state index >= 15 is 0 Å². The number of aryl methyl sites for hydroxylation is 10. The first-order valence-corrected chi connectivity index (χ1v) is 47.7. The number of methoxy groups -OCH3 is 1. The van der Waals surface area contributed by atoms with Crippen molar-refractivity contribution >= 4 is 75.3 Å². The number of fused-ring (bicyclic) bond motifs is 1. The fraction of sp³-hybridized carbons (Fsp3) is 0.311. The molecule has 18 heteroatoms. The number of piperidine rings is 1. The molecule has 14 aromatic rings. The molecule has 0 radical (unpaired) electrons. The number of aromatic amines is 1. The lowest BCUT2D eigenvalue weighted by Gasteiger charge is -2.30. The first-order chi connectivity index (χ1) is 65.4. The van der Waals surface area contributed by atoms with Gasteiger partial charge < -0.3 is 60.9 Å². The minimum Gasteiger partial charge on any atom is -0.507 e. The van der Waals surface area contributed by atoms with E-state index in [9.17, 15) is 10.2 Å². The van der Waals surface area contributed by atoms with Gasteiger partial charge in [-0.3, -0.25) is 20.0 Å². The van der Waals surface area contributed by atoms with Crippen molar-refractivity contribution in [1.29, 1.82) is 0 Å². The van der Waals surface area contributed by atoms with Gasteiger partial charge in [-0.1, -0.05) is 204 Å². The Hall–Kier alpha value is -14.3. The number of ether oxygens (including phenoxy) is 3. The van der Waals surface area contributed by atoms with E-state index in [2.05, 4.69) is 303 Å². The Morgan fingerprint density at radius 1 is 0.496 bits per heavy atom. The molecule has 6 heterocycles. The lowest BCUT2D eigenvalue weighted by molar-refractivity contribution is 0.134. The van der Waals surface area contributed by atoms with Gasteiger partial charge in [0.25, 0.3) is 0 Å². The third kappa shape index (κ3) is 34.6. The van der Waals surface area contributed by atoms with Gasteiger partial charge in [0.15, 0.2) is 11.5 Å². The molecule has 16 rings (SSSR count). The van der Waals surface area contributed by atoms with Gasteiger partial charge in [-0.15, -0.1) is 0 Å². The number of phenols is 2. The van der Waals surface area contributed by atoms with Gasteiger partial charge in [-0.05, 0) is 308 Å². The minimum absolute atomic E-state index is 0.00593. The first kappa shape index (κ1) is 106. The number of phenolic OH excluding ortho intramolecular Hbond substituents is 2. The van der Waals surface area contributed by atoms with Gasteiger partial charge >= 0.3 is 0 Å². The lowest BCUT2D eigenvalue weighted by atomic mass is 9.79. The van der Waals surface area contributed by atoms with Gasteiger partial charge in [-0.25, -0.2) is 9.97 Å². The molecule has 4 aromatic heterocycles. The molecule has 10 aromatic carbocycles. The summed E-state index contributed by atoms with van der Waals surface area (Å²) >= 11 is 0. The van der Waals surface area contributed by atoms with Gasteiger partial charge in [-0.2, -0.15) is 0 Å². The van der Waals surface area contributed by atoms with Crippen LogP contribution >= 0.6 is 0 Å². The normalized spacial score (nSPS) is 12.4. The molecule has 718 valence electrons. The van der Waals surface area contributed by atoms with Crippen LogP contribution in [0.1, 0.15) is 199 Å². The largest absolute Gasteiger partial charge is 0.507 e. The number of hydrogen-bond donors (Lipinski definition) is 8. The summed E-state index contributed by atoms with van der Waals surface area (Å²) in [6.45, 7) is 52.2. The first-order valence-electron chi connectivity index (χ1n) is 47.7. The molecule has 1 saturated heterocycles. The van der Waals surface area contributed by atoms with Crippen LogP contribution in [0.15, 0.2) is 301 Å². The zero-order chi connectivity index (χ0) is 99.2. The zero-order valence-electron chi connectivity index (χ0n) is 85.4. The number of aromatic hydroxyl groups is 2. The number of aliphatic imine (C=N–C) groups is 2.